The fourth-order valence-electron chi connectivity index (χ4n) is 7.23. The summed E-state index contributed by atoms with van der Waals surface area (Å²) in [5.41, 5.74) is 0.788. The minimum atomic E-state index is -1.68. The van der Waals surface area contributed by atoms with Crippen LogP contribution in [0.5, 0.6) is 0 Å². The second-order valence-electron chi connectivity index (χ2n) is 12.7. The lowest BCUT2D eigenvalue weighted by Gasteiger charge is -2.50. The van der Waals surface area contributed by atoms with E-state index in [1.807, 2.05) is 12.2 Å². The first-order valence-electron chi connectivity index (χ1n) is 14.8. The van der Waals surface area contributed by atoms with E-state index in [9.17, 15) is 15.0 Å². The maximum absolute atomic E-state index is 13.9. The number of ether oxygens (including phenoxy) is 4. The second-order valence-corrected chi connectivity index (χ2v) is 12.7. The molecule has 5 aliphatic rings. The van der Waals surface area contributed by atoms with Gasteiger partial charge in [-0.15, -0.1) is 0 Å². The van der Waals surface area contributed by atoms with E-state index in [1.165, 1.54) is 5.57 Å². The summed E-state index contributed by atoms with van der Waals surface area (Å²) in [7, 11) is 0. The smallest absolute Gasteiger partial charge is 0.316 e. The van der Waals surface area contributed by atoms with Gasteiger partial charge in [0, 0.05) is 19.3 Å². The van der Waals surface area contributed by atoms with Crippen molar-refractivity contribution in [3.8, 4) is 0 Å². The fourth-order valence-corrected chi connectivity index (χ4v) is 7.23. The van der Waals surface area contributed by atoms with Crippen molar-refractivity contribution in [3.05, 3.63) is 47.1 Å². The van der Waals surface area contributed by atoms with E-state index in [2.05, 4.69) is 39.8 Å². The van der Waals surface area contributed by atoms with Gasteiger partial charge in [0.15, 0.2) is 5.79 Å². The molecule has 0 saturated carbocycles. The average molecular weight is 543 g/mol. The van der Waals surface area contributed by atoms with Crippen LogP contribution in [0.25, 0.3) is 0 Å². The van der Waals surface area contributed by atoms with Crippen LogP contribution in [-0.4, -0.2) is 64.7 Å². The molecule has 1 aliphatic carbocycles. The summed E-state index contributed by atoms with van der Waals surface area (Å²) in [5.74, 6) is -1.52. The third-order valence-electron chi connectivity index (χ3n) is 9.50. The number of aliphatic hydroxyl groups is 2. The first kappa shape index (κ1) is 28.7. The molecule has 216 valence electrons. The van der Waals surface area contributed by atoms with Crippen molar-refractivity contribution in [2.24, 2.45) is 17.8 Å². The number of fused-ring (bicyclic) bond motifs is 2. The molecule has 7 nitrogen and oxygen atoms in total. The third kappa shape index (κ3) is 5.58. The highest BCUT2D eigenvalue weighted by Gasteiger charge is 2.60. The fraction of sp³-hybridized carbons (Fsp3) is 0.719. The van der Waals surface area contributed by atoms with E-state index in [4.69, 9.17) is 18.9 Å². The van der Waals surface area contributed by atoms with Crippen LogP contribution in [0, 0.1) is 17.8 Å². The van der Waals surface area contributed by atoms with E-state index < -0.39 is 41.6 Å². The number of carbonyl (C=O) groups excluding carboxylic acids is 1. The Morgan fingerprint density at radius 3 is 2.72 bits per heavy atom. The molecule has 0 radical (unpaired) electrons. The topological polar surface area (TPSA) is 94.5 Å². The minimum Gasteiger partial charge on any atom is -0.462 e. The molecule has 5 rings (SSSR count). The quantitative estimate of drug-likeness (QED) is 0.359. The van der Waals surface area contributed by atoms with Gasteiger partial charge in [0.2, 0.25) is 0 Å². The van der Waals surface area contributed by atoms with Gasteiger partial charge in [0.05, 0.1) is 18.8 Å². The van der Waals surface area contributed by atoms with Gasteiger partial charge in [0.1, 0.15) is 29.8 Å². The van der Waals surface area contributed by atoms with Gasteiger partial charge in [-0.1, -0.05) is 56.7 Å². The molecule has 3 unspecified atom stereocenters. The van der Waals surface area contributed by atoms with Crippen LogP contribution in [0.1, 0.15) is 79.6 Å². The molecule has 10 atom stereocenters. The molecule has 7 heteroatoms. The molecule has 2 N–H and O–H groups in total. The van der Waals surface area contributed by atoms with Gasteiger partial charge in [-0.25, -0.2) is 0 Å². The van der Waals surface area contributed by atoms with E-state index in [0.717, 1.165) is 32.1 Å². The number of hydrogen-bond acceptors (Lipinski definition) is 7. The average Bonchev–Trinajstić information content (AvgIpc) is 3.23. The lowest BCUT2D eigenvalue weighted by Crippen LogP contribution is -2.58. The SMILES string of the molecule is CCC1O[C@]2(CCC1C)C[C@@H]1C[C@@H](C/C=C(\C)CC(C)/C=C/C=C3CO[C@@H]4[C@H](O)C(C)=C[C@@H](C(=O)O1)[C@]34O)O2. The Balaban J connectivity index is 1.51. The maximum atomic E-state index is 13.9. The summed E-state index contributed by atoms with van der Waals surface area (Å²) in [6, 6.07) is 0. The molecule has 0 amide bonds. The minimum absolute atomic E-state index is 0.104. The summed E-state index contributed by atoms with van der Waals surface area (Å²) in [6.07, 6.45) is 12.8. The van der Waals surface area contributed by atoms with E-state index in [-0.39, 0.29) is 18.8 Å². The maximum Gasteiger partial charge on any atom is 0.316 e. The summed E-state index contributed by atoms with van der Waals surface area (Å²) in [5, 5.41) is 22.9. The molecule has 3 saturated heterocycles. The van der Waals surface area contributed by atoms with Crippen molar-refractivity contribution >= 4 is 5.97 Å². The van der Waals surface area contributed by atoms with Crippen LogP contribution in [0.2, 0.25) is 0 Å². The van der Waals surface area contributed by atoms with Crippen LogP contribution >= 0.6 is 0 Å². The van der Waals surface area contributed by atoms with E-state index in [0.29, 0.717) is 35.8 Å². The highest BCUT2D eigenvalue weighted by molar-refractivity contribution is 5.78. The Morgan fingerprint density at radius 2 is 1.95 bits per heavy atom. The number of rotatable bonds is 1. The highest BCUT2D eigenvalue weighted by atomic mass is 16.7. The molecule has 3 fully saturated rings. The Hall–Kier alpha value is -1.77. The van der Waals surface area contributed by atoms with Crippen LogP contribution < -0.4 is 0 Å². The van der Waals surface area contributed by atoms with E-state index >= 15 is 0 Å². The Kier molecular flexibility index (Phi) is 8.29. The number of aliphatic hydroxyl groups excluding tert-OH is 1. The molecule has 4 heterocycles. The van der Waals surface area contributed by atoms with Gasteiger partial charge < -0.3 is 29.2 Å². The second kappa shape index (κ2) is 11.2. The van der Waals surface area contributed by atoms with Crippen molar-refractivity contribution in [2.75, 3.05) is 6.61 Å². The number of esters is 1. The van der Waals surface area contributed by atoms with Gasteiger partial charge >= 0.3 is 5.97 Å². The predicted molar refractivity (Wildman–Crippen MR) is 148 cm³/mol. The van der Waals surface area contributed by atoms with Crippen molar-refractivity contribution < 1.29 is 34.0 Å². The summed E-state index contributed by atoms with van der Waals surface area (Å²) in [4.78, 5) is 13.9. The molecule has 39 heavy (non-hydrogen) atoms. The monoisotopic (exact) mass is 542 g/mol. The lowest BCUT2D eigenvalue weighted by molar-refractivity contribution is -0.335. The van der Waals surface area contributed by atoms with Gasteiger partial charge in [-0.05, 0) is 62.5 Å². The zero-order valence-electron chi connectivity index (χ0n) is 24.1. The molecular weight excluding hydrogens is 496 g/mol. The normalized spacial score (nSPS) is 47.4. The van der Waals surface area contributed by atoms with Crippen molar-refractivity contribution in [2.45, 2.75) is 121 Å². The zero-order valence-corrected chi connectivity index (χ0v) is 24.1. The number of hydrogen-bond donors (Lipinski definition) is 2. The molecule has 4 aliphatic heterocycles. The van der Waals surface area contributed by atoms with Crippen molar-refractivity contribution in [1.29, 1.82) is 0 Å². The third-order valence-corrected chi connectivity index (χ3v) is 9.50. The van der Waals surface area contributed by atoms with Gasteiger partial charge in [-0.3, -0.25) is 4.79 Å². The van der Waals surface area contributed by atoms with Crippen LogP contribution in [0.3, 0.4) is 0 Å². The summed E-state index contributed by atoms with van der Waals surface area (Å²) in [6.45, 7) is 10.6. The van der Waals surface area contributed by atoms with Gasteiger partial charge in [0.25, 0.3) is 0 Å². The summed E-state index contributed by atoms with van der Waals surface area (Å²) >= 11 is 0. The first-order valence-corrected chi connectivity index (χ1v) is 14.8. The van der Waals surface area contributed by atoms with Crippen LogP contribution in [0.4, 0.5) is 0 Å². The van der Waals surface area contributed by atoms with Crippen molar-refractivity contribution in [3.63, 3.8) is 0 Å². The van der Waals surface area contributed by atoms with Crippen LogP contribution in [-0.2, 0) is 23.7 Å². The Labute approximate surface area is 232 Å². The molecular formula is C32H46O7. The Bertz CT molecular complexity index is 1060. The molecule has 0 aromatic heterocycles. The molecule has 0 aromatic carbocycles. The largest absolute Gasteiger partial charge is 0.462 e. The zero-order chi connectivity index (χ0) is 27.9. The summed E-state index contributed by atoms with van der Waals surface area (Å²) < 4.78 is 25.4. The first-order chi connectivity index (χ1) is 18.5. The Morgan fingerprint density at radius 1 is 1.15 bits per heavy atom. The van der Waals surface area contributed by atoms with Crippen LogP contribution in [0.15, 0.2) is 47.1 Å². The van der Waals surface area contributed by atoms with Crippen molar-refractivity contribution in [1.82, 2.24) is 0 Å². The lowest BCUT2D eigenvalue weighted by atomic mass is 9.71. The molecule has 2 bridgehead atoms. The number of allylic oxidation sites excluding steroid dienone is 4. The van der Waals surface area contributed by atoms with E-state index in [1.54, 1.807) is 13.0 Å². The standard InChI is InChI=1S/C32H46O7/c1-6-27-21(4)12-13-31(39-27)17-25-16-24(38-31)11-10-20(3)14-19(2)8-7-9-23-18-36-29-28(33)22(5)15-26(30(34)37-25)32(23,29)35/h7-10,15,19,21,24-29,33,35H,6,11-14,16-18H2,1-5H3/b8-7+,20-10+,23-9?/t19?,21?,24-,25+,26+,27?,28-,29-,31-,32-/m1/s1. The highest BCUT2D eigenvalue weighted by Crippen LogP contribution is 2.47. The molecule has 0 aromatic rings. The molecule has 1 spiro atoms. The van der Waals surface area contributed by atoms with Gasteiger partial charge in [-0.2, -0.15) is 0 Å². The predicted octanol–water partition coefficient (Wildman–Crippen LogP) is 4.92. The number of carbonyl (C=O) groups is 1.